The number of nitrogens with two attached hydrogens (primary N) is 1. The molecule has 0 radical (unpaired) electrons. The number of anilines is 1. The van der Waals surface area contributed by atoms with Gasteiger partial charge in [0.05, 0.1) is 18.0 Å². The van der Waals surface area contributed by atoms with Crippen LogP contribution in [0.1, 0.15) is 63.8 Å². The lowest BCUT2D eigenvalue weighted by atomic mass is 9.99. The van der Waals surface area contributed by atoms with Gasteiger partial charge in [-0.25, -0.2) is 15.0 Å². The minimum Gasteiger partial charge on any atom is -0.489 e. The largest absolute Gasteiger partial charge is 0.489 e. The first kappa shape index (κ1) is 28.5. The Kier molecular flexibility index (Phi) is 8.47. The Morgan fingerprint density at radius 3 is 2.76 bits per heavy atom. The van der Waals surface area contributed by atoms with Crippen LogP contribution in [0.5, 0.6) is 11.5 Å². The van der Waals surface area contributed by atoms with Gasteiger partial charge in [-0.1, -0.05) is 33.6 Å². The van der Waals surface area contributed by atoms with E-state index in [1.807, 2.05) is 61.6 Å². The monoisotopic (exact) mass is 554 g/mol. The third kappa shape index (κ3) is 6.32. The number of aliphatic imine (C=N–C) groups is 1. The summed E-state index contributed by atoms with van der Waals surface area (Å²) in [7, 11) is 0. The maximum Gasteiger partial charge on any atom is 0.172 e. The Morgan fingerprint density at radius 1 is 1.15 bits per heavy atom. The highest BCUT2D eigenvalue weighted by atomic mass is 16.5. The molecule has 0 saturated carbocycles. The number of fused-ring (bicyclic) bond motifs is 2. The fraction of sp³-hybridized carbons (Fsp3) is 0.424. The highest BCUT2D eigenvalue weighted by Crippen LogP contribution is 2.34. The van der Waals surface area contributed by atoms with Crippen LogP contribution in [-0.2, 0) is 0 Å². The molecule has 1 aromatic carbocycles. The molecule has 1 aromatic heterocycles. The molecule has 3 aliphatic rings. The minimum atomic E-state index is 0.299. The van der Waals surface area contributed by atoms with E-state index in [4.69, 9.17) is 25.2 Å². The van der Waals surface area contributed by atoms with Crippen LogP contribution < -0.4 is 20.1 Å². The number of hydrazone groups is 1. The highest BCUT2D eigenvalue weighted by molar-refractivity contribution is 5.99. The van der Waals surface area contributed by atoms with Gasteiger partial charge < -0.3 is 20.1 Å². The van der Waals surface area contributed by atoms with E-state index in [1.165, 1.54) is 18.4 Å². The lowest BCUT2D eigenvalue weighted by molar-refractivity contribution is 0.273. The van der Waals surface area contributed by atoms with Gasteiger partial charge in [-0.05, 0) is 74.2 Å². The van der Waals surface area contributed by atoms with E-state index in [2.05, 4.69) is 43.8 Å². The van der Waals surface area contributed by atoms with Gasteiger partial charge in [0.2, 0.25) is 0 Å². The second kappa shape index (κ2) is 12.2. The number of aromatic nitrogens is 1. The summed E-state index contributed by atoms with van der Waals surface area (Å²) < 4.78 is 12.4. The van der Waals surface area contributed by atoms with E-state index in [9.17, 15) is 0 Å². The van der Waals surface area contributed by atoms with Crippen LogP contribution in [0.25, 0.3) is 0 Å². The van der Waals surface area contributed by atoms with Gasteiger partial charge in [0.15, 0.2) is 11.6 Å². The zero-order valence-corrected chi connectivity index (χ0v) is 25.1. The summed E-state index contributed by atoms with van der Waals surface area (Å²) in [6.45, 7) is 15.3. The molecule has 4 heterocycles. The summed E-state index contributed by atoms with van der Waals surface area (Å²) in [6, 6.07) is 7.90. The molecule has 41 heavy (non-hydrogen) atoms. The fourth-order valence-corrected chi connectivity index (χ4v) is 5.25. The predicted octanol–water partition coefficient (Wildman–Crippen LogP) is 6.76. The number of rotatable bonds is 8. The number of unbranched alkanes of at least 4 members (excludes halogenated alkanes) is 2. The molecule has 0 aliphatic carbocycles. The molecule has 0 fully saturated rings. The van der Waals surface area contributed by atoms with Crippen molar-refractivity contribution in [3.8, 4) is 11.5 Å². The second-order valence-electron chi connectivity index (χ2n) is 11.4. The highest BCUT2D eigenvalue weighted by Gasteiger charge is 2.24. The Balaban J connectivity index is 1.37. The Morgan fingerprint density at radius 2 is 1.98 bits per heavy atom. The Hall–Kier alpha value is -4.07. The Bertz CT molecular complexity index is 1450. The lowest BCUT2D eigenvalue weighted by Gasteiger charge is -2.28. The summed E-state index contributed by atoms with van der Waals surface area (Å²) >= 11 is 0. The van der Waals surface area contributed by atoms with Crippen molar-refractivity contribution in [2.75, 3.05) is 24.6 Å². The van der Waals surface area contributed by atoms with Gasteiger partial charge in [0.1, 0.15) is 23.0 Å². The summed E-state index contributed by atoms with van der Waals surface area (Å²) in [5.74, 6) is 4.33. The van der Waals surface area contributed by atoms with Gasteiger partial charge in [-0.2, -0.15) is 5.10 Å². The summed E-state index contributed by atoms with van der Waals surface area (Å²) in [6.07, 6.45) is 11.3. The van der Waals surface area contributed by atoms with Crippen molar-refractivity contribution >= 4 is 23.6 Å². The molecule has 0 saturated heterocycles. The molecule has 0 bridgehead atoms. The number of amidine groups is 1. The van der Waals surface area contributed by atoms with Crippen LogP contribution in [0.2, 0.25) is 0 Å². The smallest absolute Gasteiger partial charge is 0.172 e. The average molecular weight is 555 g/mol. The summed E-state index contributed by atoms with van der Waals surface area (Å²) in [4.78, 5) is 12.1. The first-order valence-electron chi connectivity index (χ1n) is 14.7. The number of benzene rings is 1. The van der Waals surface area contributed by atoms with Crippen molar-refractivity contribution < 1.29 is 9.47 Å². The van der Waals surface area contributed by atoms with Crippen LogP contribution in [0.3, 0.4) is 0 Å². The molecule has 0 amide bonds. The van der Waals surface area contributed by atoms with Crippen molar-refractivity contribution in [1.29, 1.82) is 0 Å². The topological polar surface area (TPSA) is 88.6 Å². The van der Waals surface area contributed by atoms with E-state index in [0.29, 0.717) is 30.0 Å². The second-order valence-corrected chi connectivity index (χ2v) is 11.4. The molecule has 2 atom stereocenters. The number of aryl methyl sites for hydroxylation is 2. The maximum atomic E-state index is 6.58. The summed E-state index contributed by atoms with van der Waals surface area (Å²) in [5, 5.41) is 6.37. The molecule has 3 aliphatic heterocycles. The van der Waals surface area contributed by atoms with Crippen molar-refractivity contribution in [2.24, 2.45) is 27.7 Å². The van der Waals surface area contributed by atoms with E-state index in [0.717, 1.165) is 65.1 Å². The van der Waals surface area contributed by atoms with Crippen LogP contribution in [0, 0.1) is 25.7 Å². The van der Waals surface area contributed by atoms with Gasteiger partial charge in [-0.15, -0.1) is 0 Å². The van der Waals surface area contributed by atoms with Crippen molar-refractivity contribution in [3.63, 3.8) is 0 Å². The molecular formula is C33H42N6O2. The quantitative estimate of drug-likeness (QED) is 0.220. The normalized spacial score (nSPS) is 20.3. The van der Waals surface area contributed by atoms with Crippen LogP contribution in [-0.4, -0.2) is 41.7 Å². The molecule has 216 valence electrons. The number of nitrogens with zero attached hydrogens (tertiary/aromatic N) is 5. The third-order valence-corrected chi connectivity index (χ3v) is 7.83. The van der Waals surface area contributed by atoms with Crippen LogP contribution in [0.15, 0.2) is 69.7 Å². The van der Waals surface area contributed by atoms with Gasteiger partial charge >= 0.3 is 0 Å². The van der Waals surface area contributed by atoms with Crippen molar-refractivity contribution in [2.45, 2.75) is 60.8 Å². The van der Waals surface area contributed by atoms with Gasteiger partial charge in [0.25, 0.3) is 0 Å². The van der Waals surface area contributed by atoms with Gasteiger partial charge in [-0.3, -0.25) is 0 Å². The molecule has 8 heteroatoms. The number of pyridine rings is 1. The number of hydrogen-bond acceptors (Lipinski definition) is 7. The zero-order valence-electron chi connectivity index (χ0n) is 25.1. The molecule has 8 nitrogen and oxygen atoms in total. The number of ether oxygens (including phenoxy) is 2. The lowest BCUT2D eigenvalue weighted by Crippen LogP contribution is -2.30. The fourth-order valence-electron chi connectivity index (χ4n) is 5.25. The van der Waals surface area contributed by atoms with Gasteiger partial charge in [0, 0.05) is 43.4 Å². The van der Waals surface area contributed by atoms with Crippen molar-refractivity contribution in [1.82, 2.24) is 9.99 Å². The van der Waals surface area contributed by atoms with E-state index in [1.54, 1.807) is 0 Å². The predicted molar refractivity (Wildman–Crippen MR) is 167 cm³/mol. The van der Waals surface area contributed by atoms with Crippen LogP contribution >= 0.6 is 0 Å². The van der Waals surface area contributed by atoms with E-state index < -0.39 is 0 Å². The molecule has 0 spiro atoms. The zero-order chi connectivity index (χ0) is 29.1. The molecular weight excluding hydrogens is 512 g/mol. The molecule has 2 unspecified atom stereocenters. The minimum absolute atomic E-state index is 0.299. The molecule has 5 rings (SSSR count). The van der Waals surface area contributed by atoms with Crippen molar-refractivity contribution in [3.05, 3.63) is 76.5 Å². The number of allylic oxidation sites excluding steroid dienone is 3. The third-order valence-electron chi connectivity index (χ3n) is 7.83. The maximum absolute atomic E-state index is 6.58. The first-order valence-corrected chi connectivity index (χ1v) is 14.7. The number of hydrogen-bond donors (Lipinski definition) is 1. The average Bonchev–Trinajstić information content (AvgIpc) is 3.10. The van der Waals surface area contributed by atoms with Crippen LogP contribution in [0.4, 0.5) is 11.5 Å². The first-order chi connectivity index (χ1) is 19.7. The van der Waals surface area contributed by atoms with E-state index in [-0.39, 0.29) is 0 Å². The van der Waals surface area contributed by atoms with E-state index >= 15 is 0 Å². The standard InChI is InChI=1S/C33H42N6O2/c1-7-8-9-13-38-19-21(2)20-40-30-16-23(4)31(37-33(30)38)32(34)36-26-10-11-29(22(3)15-26)41-27-12-14-39-28(17-27)25(6)24(5)18-35-39/h10-12,14-18,21,24H,7-9,13,19-20H2,1-6H3,(H2,34,36). The molecule has 2 N–H and O–H groups in total. The summed E-state index contributed by atoms with van der Waals surface area (Å²) in [5.41, 5.74) is 12.2. The Labute approximate surface area is 243 Å². The SMILES string of the molecule is CCCCCN1CC(C)COc2cc(C)c(C(N)=Nc3ccc(OC4=CC5=C(C)C(C)C=NN5C=C4)c(C)c3)nc21. The molecule has 2 aromatic rings.